The first-order valence-corrected chi connectivity index (χ1v) is 7.23. The normalized spacial score (nSPS) is 40.1. The van der Waals surface area contributed by atoms with Gasteiger partial charge in [0.1, 0.15) is 0 Å². The molecule has 16 heavy (non-hydrogen) atoms. The van der Waals surface area contributed by atoms with E-state index < -0.39 is 0 Å². The lowest BCUT2D eigenvalue weighted by atomic mass is 9.81. The van der Waals surface area contributed by atoms with Crippen molar-refractivity contribution >= 4 is 0 Å². The lowest BCUT2D eigenvalue weighted by Gasteiger charge is -2.27. The minimum absolute atomic E-state index is 0.465. The Labute approximate surface area is 100 Å². The standard InChI is InChI=1S/C14H28N2/c1-11-3-2-4-12(9-11)7-8-16-14-6-5-13(15)10-14/h11-14,16H,2-10,15H2,1H3. The highest BCUT2D eigenvalue weighted by Gasteiger charge is 2.22. The van der Waals surface area contributed by atoms with Crippen LogP contribution >= 0.6 is 0 Å². The Balaban J connectivity index is 1.57. The summed E-state index contributed by atoms with van der Waals surface area (Å²) in [5.41, 5.74) is 5.92. The molecule has 4 unspecified atom stereocenters. The summed E-state index contributed by atoms with van der Waals surface area (Å²) in [5, 5.41) is 3.69. The maximum Gasteiger partial charge on any atom is 0.00823 e. The van der Waals surface area contributed by atoms with Gasteiger partial charge in [-0.2, -0.15) is 0 Å². The van der Waals surface area contributed by atoms with Crippen molar-refractivity contribution in [2.75, 3.05) is 6.54 Å². The highest BCUT2D eigenvalue weighted by molar-refractivity contribution is 4.83. The van der Waals surface area contributed by atoms with Crippen molar-refractivity contribution in [3.63, 3.8) is 0 Å². The van der Waals surface area contributed by atoms with Gasteiger partial charge in [0, 0.05) is 12.1 Å². The molecule has 0 amide bonds. The van der Waals surface area contributed by atoms with Gasteiger partial charge < -0.3 is 11.1 Å². The second-order valence-electron chi connectivity index (χ2n) is 6.15. The molecule has 0 aromatic carbocycles. The first-order chi connectivity index (χ1) is 7.74. The predicted molar refractivity (Wildman–Crippen MR) is 69.4 cm³/mol. The van der Waals surface area contributed by atoms with Gasteiger partial charge in [-0.25, -0.2) is 0 Å². The fourth-order valence-corrected chi connectivity index (χ4v) is 3.52. The van der Waals surface area contributed by atoms with Crippen LogP contribution in [-0.2, 0) is 0 Å². The number of nitrogens with two attached hydrogens (primary N) is 1. The highest BCUT2D eigenvalue weighted by atomic mass is 14.9. The molecule has 0 heterocycles. The van der Waals surface area contributed by atoms with E-state index in [4.69, 9.17) is 5.73 Å². The maximum atomic E-state index is 5.92. The molecule has 2 nitrogen and oxygen atoms in total. The van der Waals surface area contributed by atoms with Gasteiger partial charge in [-0.1, -0.05) is 26.2 Å². The highest BCUT2D eigenvalue weighted by Crippen LogP contribution is 2.30. The van der Waals surface area contributed by atoms with E-state index >= 15 is 0 Å². The average Bonchev–Trinajstić information content (AvgIpc) is 2.64. The van der Waals surface area contributed by atoms with Crippen LogP contribution < -0.4 is 11.1 Å². The lowest BCUT2D eigenvalue weighted by Crippen LogP contribution is -2.30. The van der Waals surface area contributed by atoms with Crippen molar-refractivity contribution in [2.45, 2.75) is 70.4 Å². The molecular formula is C14H28N2. The zero-order valence-electron chi connectivity index (χ0n) is 10.8. The minimum atomic E-state index is 0.465. The molecule has 0 aromatic rings. The molecule has 2 aliphatic rings. The molecule has 0 aliphatic heterocycles. The van der Waals surface area contributed by atoms with E-state index in [-0.39, 0.29) is 0 Å². The summed E-state index contributed by atoms with van der Waals surface area (Å²) in [4.78, 5) is 0. The Morgan fingerprint density at radius 1 is 1.12 bits per heavy atom. The van der Waals surface area contributed by atoms with E-state index in [1.807, 2.05) is 0 Å². The van der Waals surface area contributed by atoms with Crippen molar-refractivity contribution in [3.05, 3.63) is 0 Å². The summed E-state index contributed by atoms with van der Waals surface area (Å²) < 4.78 is 0. The van der Waals surface area contributed by atoms with Crippen LogP contribution in [0.25, 0.3) is 0 Å². The van der Waals surface area contributed by atoms with Gasteiger partial charge in [0.2, 0.25) is 0 Å². The van der Waals surface area contributed by atoms with Crippen molar-refractivity contribution in [1.29, 1.82) is 0 Å². The van der Waals surface area contributed by atoms with Crippen LogP contribution in [0.5, 0.6) is 0 Å². The SMILES string of the molecule is CC1CCCC(CCNC2CCC(N)C2)C1. The first kappa shape index (κ1) is 12.4. The minimum Gasteiger partial charge on any atom is -0.328 e. The number of hydrogen-bond acceptors (Lipinski definition) is 2. The number of hydrogen-bond donors (Lipinski definition) is 2. The zero-order valence-corrected chi connectivity index (χ0v) is 10.8. The van der Waals surface area contributed by atoms with Crippen LogP contribution in [0, 0.1) is 11.8 Å². The van der Waals surface area contributed by atoms with Gasteiger partial charge in [0.25, 0.3) is 0 Å². The van der Waals surface area contributed by atoms with Crippen molar-refractivity contribution in [2.24, 2.45) is 17.6 Å². The first-order valence-electron chi connectivity index (χ1n) is 7.23. The molecule has 2 saturated carbocycles. The maximum absolute atomic E-state index is 5.92. The van der Waals surface area contributed by atoms with Gasteiger partial charge in [-0.3, -0.25) is 0 Å². The third-order valence-corrected chi connectivity index (χ3v) is 4.50. The smallest absolute Gasteiger partial charge is 0.00823 e. The fraction of sp³-hybridized carbons (Fsp3) is 1.00. The molecule has 0 radical (unpaired) electrons. The molecule has 2 heteroatoms. The molecule has 94 valence electrons. The van der Waals surface area contributed by atoms with Crippen molar-refractivity contribution in [3.8, 4) is 0 Å². The Hall–Kier alpha value is -0.0800. The number of nitrogens with one attached hydrogen (secondary N) is 1. The zero-order chi connectivity index (χ0) is 11.4. The Bertz CT molecular complexity index is 205. The molecular weight excluding hydrogens is 196 g/mol. The average molecular weight is 224 g/mol. The van der Waals surface area contributed by atoms with Crippen LogP contribution in [0.1, 0.15) is 58.3 Å². The molecule has 2 aliphatic carbocycles. The molecule has 0 aromatic heterocycles. The summed E-state index contributed by atoms with van der Waals surface area (Å²) in [7, 11) is 0. The Kier molecular flexibility index (Phi) is 4.66. The largest absolute Gasteiger partial charge is 0.328 e. The van der Waals surface area contributed by atoms with Gasteiger partial charge in [0.15, 0.2) is 0 Å². The van der Waals surface area contributed by atoms with E-state index in [9.17, 15) is 0 Å². The summed E-state index contributed by atoms with van der Waals surface area (Å²) in [5.74, 6) is 1.96. The molecule has 2 fully saturated rings. The number of rotatable bonds is 4. The van der Waals surface area contributed by atoms with Crippen LogP contribution in [0.3, 0.4) is 0 Å². The molecule has 0 spiro atoms. The van der Waals surface area contributed by atoms with E-state index in [1.165, 1.54) is 57.9 Å². The third-order valence-electron chi connectivity index (χ3n) is 4.50. The molecule has 0 saturated heterocycles. The van der Waals surface area contributed by atoms with E-state index in [0.717, 1.165) is 17.9 Å². The fourth-order valence-electron chi connectivity index (χ4n) is 3.52. The van der Waals surface area contributed by atoms with E-state index in [0.29, 0.717) is 6.04 Å². The monoisotopic (exact) mass is 224 g/mol. The molecule has 3 N–H and O–H groups in total. The third kappa shape index (κ3) is 3.74. The Morgan fingerprint density at radius 3 is 2.69 bits per heavy atom. The van der Waals surface area contributed by atoms with Crippen LogP contribution in [0.2, 0.25) is 0 Å². The van der Waals surface area contributed by atoms with Crippen molar-refractivity contribution in [1.82, 2.24) is 5.32 Å². The lowest BCUT2D eigenvalue weighted by molar-refractivity contribution is 0.265. The summed E-state index contributed by atoms with van der Waals surface area (Å²) in [6, 6.07) is 1.18. The molecule has 0 bridgehead atoms. The van der Waals surface area contributed by atoms with Crippen LogP contribution in [0.4, 0.5) is 0 Å². The van der Waals surface area contributed by atoms with Gasteiger partial charge in [-0.05, 0) is 50.5 Å². The van der Waals surface area contributed by atoms with Gasteiger partial charge in [-0.15, -0.1) is 0 Å². The summed E-state index contributed by atoms with van der Waals surface area (Å²) >= 11 is 0. The second kappa shape index (κ2) is 6.02. The second-order valence-corrected chi connectivity index (χ2v) is 6.15. The summed E-state index contributed by atoms with van der Waals surface area (Å²) in [6.07, 6.45) is 10.9. The van der Waals surface area contributed by atoms with Crippen LogP contribution in [-0.4, -0.2) is 18.6 Å². The van der Waals surface area contributed by atoms with Gasteiger partial charge in [0.05, 0.1) is 0 Å². The van der Waals surface area contributed by atoms with Gasteiger partial charge >= 0.3 is 0 Å². The molecule has 4 atom stereocenters. The molecule has 2 rings (SSSR count). The predicted octanol–water partition coefficient (Wildman–Crippen LogP) is 2.67. The van der Waals surface area contributed by atoms with Crippen LogP contribution in [0.15, 0.2) is 0 Å². The topological polar surface area (TPSA) is 38.0 Å². The quantitative estimate of drug-likeness (QED) is 0.770. The van der Waals surface area contributed by atoms with E-state index in [2.05, 4.69) is 12.2 Å². The summed E-state index contributed by atoms with van der Waals surface area (Å²) in [6.45, 7) is 3.63. The van der Waals surface area contributed by atoms with Crippen molar-refractivity contribution < 1.29 is 0 Å². The Morgan fingerprint density at radius 2 is 2.00 bits per heavy atom. The van der Waals surface area contributed by atoms with E-state index in [1.54, 1.807) is 0 Å².